The Balaban J connectivity index is 4.29. The third kappa shape index (κ3) is 11.8. The first-order valence-electron chi connectivity index (χ1n) is 8.09. The van der Waals surface area contributed by atoms with Crippen LogP contribution in [0.3, 0.4) is 0 Å². The molecule has 0 saturated carbocycles. The number of rotatable bonds is 9. The van der Waals surface area contributed by atoms with Crippen molar-refractivity contribution in [3.8, 4) is 0 Å². The maximum Gasteiger partial charge on any atom is 0.665 e. The van der Waals surface area contributed by atoms with Crippen molar-refractivity contribution in [2.75, 3.05) is 13.2 Å². The van der Waals surface area contributed by atoms with Gasteiger partial charge in [-0.25, -0.2) is 0 Å². The number of hydrogen-bond donors (Lipinski definition) is 1. The van der Waals surface area contributed by atoms with Crippen LogP contribution in [-0.2, 0) is 18.6 Å². The molecule has 0 aromatic rings. The first kappa shape index (κ1) is 22.2. The van der Waals surface area contributed by atoms with Gasteiger partial charge in [0.05, 0.1) is 4.89 Å². The standard InChI is InChI=1S/C16H37NO4P/c1-13(9-15(3,4)5)11-19-22(18,21-17)20-12-14(2)10-16(6,7)8/h13-14H,9-12H2,1-8,17H3/q+2. The van der Waals surface area contributed by atoms with Gasteiger partial charge in [0.15, 0.2) is 0 Å². The summed E-state index contributed by atoms with van der Waals surface area (Å²) in [5.74, 6) is 3.80. The van der Waals surface area contributed by atoms with Crippen LogP contribution in [0.15, 0.2) is 0 Å². The lowest BCUT2D eigenvalue weighted by molar-refractivity contribution is -0.647. The average Bonchev–Trinajstić information content (AvgIpc) is 2.30. The molecule has 0 amide bonds. The number of quaternary nitrogens is 1. The van der Waals surface area contributed by atoms with E-state index in [2.05, 4.69) is 61.3 Å². The quantitative estimate of drug-likeness (QED) is 0.498. The van der Waals surface area contributed by atoms with Crippen LogP contribution < -0.4 is 5.90 Å². The highest BCUT2D eigenvalue weighted by molar-refractivity contribution is 7.54. The van der Waals surface area contributed by atoms with Crippen molar-refractivity contribution in [1.29, 1.82) is 0 Å². The van der Waals surface area contributed by atoms with Crippen molar-refractivity contribution in [2.45, 2.75) is 68.2 Å². The van der Waals surface area contributed by atoms with E-state index in [1.165, 1.54) is 0 Å². The van der Waals surface area contributed by atoms with E-state index in [9.17, 15) is 4.89 Å². The monoisotopic (exact) mass is 338 g/mol. The zero-order valence-electron chi connectivity index (χ0n) is 15.8. The van der Waals surface area contributed by atoms with Gasteiger partial charge in [0.2, 0.25) is 0 Å². The smallest absolute Gasteiger partial charge is 0.164 e. The molecule has 0 aliphatic carbocycles. The molecule has 0 saturated heterocycles. The van der Waals surface area contributed by atoms with E-state index in [0.29, 0.717) is 13.2 Å². The van der Waals surface area contributed by atoms with Crippen molar-refractivity contribution in [2.24, 2.45) is 22.7 Å². The predicted octanol–water partition coefficient (Wildman–Crippen LogP) is 4.45. The van der Waals surface area contributed by atoms with Gasteiger partial charge in [-0.15, -0.1) is 9.05 Å². The molecule has 0 rings (SSSR count). The molecule has 0 aliphatic rings. The van der Waals surface area contributed by atoms with Crippen LogP contribution in [0.4, 0.5) is 0 Å². The molecule has 0 aromatic heterocycles. The lowest BCUT2D eigenvalue weighted by Crippen LogP contribution is -2.49. The number of hydrogen-bond acceptors (Lipinski definition) is 3. The van der Waals surface area contributed by atoms with Crippen molar-refractivity contribution in [3.05, 3.63) is 0 Å². The minimum Gasteiger partial charge on any atom is -0.164 e. The second-order valence-corrected chi connectivity index (χ2v) is 10.6. The maximum atomic E-state index is 12.4. The summed E-state index contributed by atoms with van der Waals surface area (Å²) in [6.45, 7) is 17.9. The zero-order valence-corrected chi connectivity index (χ0v) is 16.7. The molecular weight excluding hydrogens is 301 g/mol. The predicted molar refractivity (Wildman–Crippen MR) is 90.0 cm³/mol. The summed E-state index contributed by atoms with van der Waals surface area (Å²) in [7, 11) is -3.55. The van der Waals surface area contributed by atoms with E-state index >= 15 is 0 Å². The summed E-state index contributed by atoms with van der Waals surface area (Å²) in [6, 6.07) is 0. The lowest BCUT2D eigenvalue weighted by Gasteiger charge is -2.23. The van der Waals surface area contributed by atoms with Crippen LogP contribution in [0.25, 0.3) is 0 Å². The highest BCUT2D eigenvalue weighted by Crippen LogP contribution is 2.58. The summed E-state index contributed by atoms with van der Waals surface area (Å²) in [4.78, 5) is 12.4. The summed E-state index contributed by atoms with van der Waals surface area (Å²) >= 11 is 0. The topological polar surface area (TPSA) is 75.2 Å². The molecule has 2 atom stereocenters. The van der Waals surface area contributed by atoms with Gasteiger partial charge in [-0.1, -0.05) is 55.4 Å². The highest BCUT2D eigenvalue weighted by Gasteiger charge is 2.52. The minimum atomic E-state index is -3.55. The highest BCUT2D eigenvalue weighted by atomic mass is 31.2. The first-order valence-corrected chi connectivity index (χ1v) is 9.55. The maximum absolute atomic E-state index is 12.4. The van der Waals surface area contributed by atoms with Crippen LogP contribution in [0.2, 0.25) is 0 Å². The van der Waals surface area contributed by atoms with Gasteiger partial charge in [-0.3, -0.25) is 0 Å². The van der Waals surface area contributed by atoms with Crippen LogP contribution in [-0.4, -0.2) is 13.2 Å². The van der Waals surface area contributed by atoms with Gasteiger partial charge < -0.3 is 0 Å². The summed E-state index contributed by atoms with van der Waals surface area (Å²) in [5, 5.41) is 0. The first-order chi connectivity index (χ1) is 9.76. The Morgan fingerprint density at radius 3 is 1.41 bits per heavy atom. The van der Waals surface area contributed by atoms with E-state index in [1.54, 1.807) is 0 Å². The second kappa shape index (κ2) is 8.91. The van der Waals surface area contributed by atoms with E-state index < -0.39 is 8.17 Å². The molecule has 1 radical (unpaired) electrons. The van der Waals surface area contributed by atoms with Gasteiger partial charge in [-0.05, 0) is 35.5 Å². The van der Waals surface area contributed by atoms with Gasteiger partial charge in [-0.2, -0.15) is 5.90 Å². The van der Waals surface area contributed by atoms with Crippen LogP contribution in [0, 0.1) is 22.7 Å². The SMILES string of the molecule is CC(CO[P+]([O])(O[NH3+])OCC(C)CC(C)(C)C)CC(C)(C)C. The average molecular weight is 338 g/mol. The van der Waals surface area contributed by atoms with Gasteiger partial charge >= 0.3 is 8.17 Å². The van der Waals surface area contributed by atoms with Crippen LogP contribution in [0.5, 0.6) is 0 Å². The van der Waals surface area contributed by atoms with Crippen molar-refractivity contribution in [1.82, 2.24) is 0 Å². The molecule has 0 heterocycles. The zero-order chi connectivity index (χ0) is 17.6. The molecule has 0 fully saturated rings. The summed E-state index contributed by atoms with van der Waals surface area (Å²) < 4.78 is 15.6. The molecule has 5 nitrogen and oxygen atoms in total. The molecule has 22 heavy (non-hydrogen) atoms. The third-order valence-corrected chi connectivity index (χ3v) is 4.36. The van der Waals surface area contributed by atoms with Crippen LogP contribution in [0.1, 0.15) is 68.2 Å². The van der Waals surface area contributed by atoms with Crippen LogP contribution >= 0.6 is 8.17 Å². The molecule has 0 aliphatic heterocycles. The summed E-state index contributed by atoms with van der Waals surface area (Å²) in [5.41, 5.74) is 0.417. The largest absolute Gasteiger partial charge is 0.665 e. The molecule has 133 valence electrons. The second-order valence-electron chi connectivity index (χ2n) is 8.91. The third-order valence-electron chi connectivity index (χ3n) is 3.11. The summed E-state index contributed by atoms with van der Waals surface area (Å²) in [6.07, 6.45) is 1.95. The van der Waals surface area contributed by atoms with E-state index in [4.69, 9.17) is 13.7 Å². The van der Waals surface area contributed by atoms with E-state index in [-0.39, 0.29) is 22.7 Å². The fourth-order valence-corrected chi connectivity index (χ4v) is 3.86. The Morgan fingerprint density at radius 2 is 1.18 bits per heavy atom. The lowest BCUT2D eigenvalue weighted by atomic mass is 9.86. The Labute approximate surface area is 137 Å². The van der Waals surface area contributed by atoms with Crippen molar-refractivity contribution < 1.29 is 24.5 Å². The van der Waals surface area contributed by atoms with E-state index in [0.717, 1.165) is 12.8 Å². The Kier molecular flexibility index (Phi) is 9.00. The molecule has 2 unspecified atom stereocenters. The Hall–Kier alpha value is 0.230. The fourth-order valence-electron chi connectivity index (χ4n) is 2.76. The Morgan fingerprint density at radius 1 is 0.864 bits per heavy atom. The molecular formula is C16H37NO4P+2. The van der Waals surface area contributed by atoms with Crippen molar-refractivity contribution in [3.63, 3.8) is 0 Å². The minimum absolute atomic E-state index is 0.208. The molecule has 6 heteroatoms. The molecule has 0 aromatic carbocycles. The molecule has 0 spiro atoms. The Bertz CT molecular complexity index is 286. The van der Waals surface area contributed by atoms with Gasteiger partial charge in [0.1, 0.15) is 13.2 Å². The molecule has 3 N–H and O–H groups in total. The van der Waals surface area contributed by atoms with E-state index in [1.807, 2.05) is 0 Å². The van der Waals surface area contributed by atoms with Crippen molar-refractivity contribution >= 4 is 8.17 Å². The van der Waals surface area contributed by atoms with Gasteiger partial charge in [0, 0.05) is 4.62 Å². The van der Waals surface area contributed by atoms with Gasteiger partial charge in [0.25, 0.3) is 0 Å². The fraction of sp³-hybridized carbons (Fsp3) is 1.00. The normalized spacial score (nSPS) is 18.8. The molecule has 0 bridgehead atoms.